The van der Waals surface area contributed by atoms with Crippen molar-refractivity contribution >= 4 is 22.5 Å². The predicted molar refractivity (Wildman–Crippen MR) is 107 cm³/mol. The molecule has 27 heavy (non-hydrogen) atoms. The van der Waals surface area contributed by atoms with Gasteiger partial charge in [-0.3, -0.25) is 9.00 Å². The molecule has 0 bridgehead atoms. The van der Waals surface area contributed by atoms with Crippen molar-refractivity contribution in [3.8, 4) is 5.69 Å². The third kappa shape index (κ3) is 3.45. The SMILES string of the molecule is CC[C@H](C(=O)Nc1c2c(nn1-c1ccccc1)C[S@](=O)C2)c1ccccc1. The molecule has 138 valence electrons. The van der Waals surface area contributed by atoms with Gasteiger partial charge in [-0.05, 0) is 24.1 Å². The molecule has 1 aromatic heterocycles. The number of nitrogens with zero attached hydrogens (tertiary/aromatic N) is 2. The number of rotatable bonds is 5. The number of fused-ring (bicyclic) bond motifs is 1. The van der Waals surface area contributed by atoms with Crippen molar-refractivity contribution in [2.75, 3.05) is 5.32 Å². The normalized spacial score (nSPS) is 16.7. The maximum atomic E-state index is 13.1. The topological polar surface area (TPSA) is 64.0 Å². The van der Waals surface area contributed by atoms with Gasteiger partial charge in [-0.1, -0.05) is 55.5 Å². The van der Waals surface area contributed by atoms with E-state index in [0.717, 1.165) is 22.5 Å². The standard InChI is InChI=1S/C21H21N3O2S/c1-2-17(15-9-5-3-6-10-15)21(25)22-20-18-13-27(26)14-19(18)23-24(20)16-11-7-4-8-12-16/h3-12,17H,2,13-14H2,1H3,(H,22,25)/t17-,27+/m0/s1. The van der Waals surface area contributed by atoms with Crippen LogP contribution in [0.25, 0.3) is 5.69 Å². The van der Waals surface area contributed by atoms with E-state index in [9.17, 15) is 9.00 Å². The monoisotopic (exact) mass is 379 g/mol. The molecule has 0 fully saturated rings. The highest BCUT2D eigenvalue weighted by atomic mass is 32.2. The van der Waals surface area contributed by atoms with E-state index in [4.69, 9.17) is 0 Å². The zero-order chi connectivity index (χ0) is 18.8. The number of benzene rings is 2. The lowest BCUT2D eigenvalue weighted by molar-refractivity contribution is -0.117. The summed E-state index contributed by atoms with van der Waals surface area (Å²) in [7, 11) is -0.954. The van der Waals surface area contributed by atoms with Crippen LogP contribution < -0.4 is 5.32 Å². The lowest BCUT2D eigenvalue weighted by atomic mass is 9.95. The van der Waals surface area contributed by atoms with Crippen LogP contribution in [0.5, 0.6) is 0 Å². The summed E-state index contributed by atoms with van der Waals surface area (Å²) in [5, 5.41) is 7.72. The Labute approximate surface area is 160 Å². The van der Waals surface area contributed by atoms with E-state index in [-0.39, 0.29) is 11.8 Å². The highest BCUT2D eigenvalue weighted by Crippen LogP contribution is 2.32. The minimum atomic E-state index is -0.954. The van der Waals surface area contributed by atoms with Crippen LogP contribution in [0.15, 0.2) is 60.7 Å². The summed E-state index contributed by atoms with van der Waals surface area (Å²) in [6.45, 7) is 2.01. The first kappa shape index (κ1) is 17.7. The average molecular weight is 379 g/mol. The molecule has 3 aromatic rings. The van der Waals surface area contributed by atoms with Crippen molar-refractivity contribution in [2.24, 2.45) is 0 Å². The molecule has 0 radical (unpaired) electrons. The van der Waals surface area contributed by atoms with Gasteiger partial charge >= 0.3 is 0 Å². The minimum absolute atomic E-state index is 0.0683. The second kappa shape index (κ2) is 7.48. The van der Waals surface area contributed by atoms with Crippen molar-refractivity contribution in [1.29, 1.82) is 0 Å². The van der Waals surface area contributed by atoms with Crippen molar-refractivity contribution in [1.82, 2.24) is 9.78 Å². The largest absolute Gasteiger partial charge is 0.310 e. The van der Waals surface area contributed by atoms with Crippen LogP contribution in [0.1, 0.15) is 36.1 Å². The molecular weight excluding hydrogens is 358 g/mol. The minimum Gasteiger partial charge on any atom is -0.310 e. The first-order valence-corrected chi connectivity index (χ1v) is 10.5. The highest BCUT2D eigenvalue weighted by Gasteiger charge is 2.29. The smallest absolute Gasteiger partial charge is 0.233 e. The molecule has 2 aromatic carbocycles. The molecule has 6 heteroatoms. The Kier molecular flexibility index (Phi) is 4.90. The van der Waals surface area contributed by atoms with Gasteiger partial charge in [0.05, 0.1) is 28.8 Å². The van der Waals surface area contributed by atoms with Gasteiger partial charge in [0.1, 0.15) is 5.82 Å². The van der Waals surface area contributed by atoms with E-state index < -0.39 is 10.8 Å². The second-order valence-corrected chi connectivity index (χ2v) is 8.07. The molecule has 0 aliphatic carbocycles. The fraction of sp³-hybridized carbons (Fsp3) is 0.238. The van der Waals surface area contributed by atoms with Gasteiger partial charge in [-0.2, -0.15) is 5.10 Å². The van der Waals surface area contributed by atoms with Crippen LogP contribution in [0, 0.1) is 0 Å². The molecular formula is C21H21N3O2S. The van der Waals surface area contributed by atoms with Gasteiger partial charge < -0.3 is 5.32 Å². The van der Waals surface area contributed by atoms with Gasteiger partial charge in [-0.15, -0.1) is 0 Å². The van der Waals surface area contributed by atoms with E-state index in [0.29, 0.717) is 23.7 Å². The van der Waals surface area contributed by atoms with Crippen LogP contribution in [-0.2, 0) is 27.1 Å². The van der Waals surface area contributed by atoms with E-state index in [1.807, 2.05) is 67.6 Å². The molecule has 1 amide bonds. The summed E-state index contributed by atoms with van der Waals surface area (Å²) >= 11 is 0. The maximum Gasteiger partial charge on any atom is 0.233 e. The Balaban J connectivity index is 1.71. The summed E-state index contributed by atoms with van der Waals surface area (Å²) in [6.07, 6.45) is 0.698. The lowest BCUT2D eigenvalue weighted by Crippen LogP contribution is -2.23. The third-order valence-electron chi connectivity index (χ3n) is 4.84. The Hall–Kier alpha value is -2.73. The molecule has 5 nitrogen and oxygen atoms in total. The summed E-state index contributed by atoms with van der Waals surface area (Å²) < 4.78 is 13.8. The predicted octanol–water partition coefficient (Wildman–Crippen LogP) is 3.77. The average Bonchev–Trinajstić information content (AvgIpc) is 3.21. The number of hydrogen-bond acceptors (Lipinski definition) is 3. The fourth-order valence-electron chi connectivity index (χ4n) is 3.47. The Morgan fingerprint density at radius 3 is 2.44 bits per heavy atom. The van der Waals surface area contributed by atoms with Crippen molar-refractivity contribution < 1.29 is 9.00 Å². The van der Waals surface area contributed by atoms with Crippen LogP contribution in [-0.4, -0.2) is 19.9 Å². The number of anilines is 1. The zero-order valence-electron chi connectivity index (χ0n) is 15.1. The molecule has 0 spiro atoms. The van der Waals surface area contributed by atoms with Crippen molar-refractivity contribution in [3.05, 3.63) is 77.5 Å². The number of carbonyl (C=O) groups is 1. The number of para-hydroxylation sites is 1. The zero-order valence-corrected chi connectivity index (χ0v) is 15.9. The van der Waals surface area contributed by atoms with Gasteiger partial charge in [-0.25, -0.2) is 4.68 Å². The van der Waals surface area contributed by atoms with Crippen molar-refractivity contribution in [3.63, 3.8) is 0 Å². The molecule has 1 aliphatic rings. The van der Waals surface area contributed by atoms with Gasteiger partial charge in [0.25, 0.3) is 0 Å². The van der Waals surface area contributed by atoms with Crippen LogP contribution in [0.2, 0.25) is 0 Å². The fourth-order valence-corrected chi connectivity index (χ4v) is 4.74. The summed E-state index contributed by atoms with van der Waals surface area (Å²) in [6, 6.07) is 19.5. The molecule has 1 aliphatic heterocycles. The van der Waals surface area contributed by atoms with E-state index >= 15 is 0 Å². The van der Waals surface area contributed by atoms with E-state index in [2.05, 4.69) is 10.4 Å². The quantitative estimate of drug-likeness (QED) is 0.734. The molecule has 2 atom stereocenters. The molecule has 0 saturated heterocycles. The van der Waals surface area contributed by atoms with E-state index in [1.165, 1.54) is 0 Å². The van der Waals surface area contributed by atoms with Crippen LogP contribution in [0.3, 0.4) is 0 Å². The van der Waals surface area contributed by atoms with E-state index in [1.54, 1.807) is 4.68 Å². The first-order valence-electron chi connectivity index (χ1n) is 9.04. The molecule has 1 N–H and O–H groups in total. The molecule has 4 rings (SSSR count). The second-order valence-electron chi connectivity index (χ2n) is 6.61. The number of aromatic nitrogens is 2. The number of nitrogens with one attached hydrogen (secondary N) is 1. The number of hydrogen-bond donors (Lipinski definition) is 1. The van der Waals surface area contributed by atoms with Gasteiger partial charge in [0.15, 0.2) is 0 Å². The summed E-state index contributed by atoms with van der Waals surface area (Å²) in [5.41, 5.74) is 3.55. The Bertz CT molecular complexity index is 983. The highest BCUT2D eigenvalue weighted by molar-refractivity contribution is 7.83. The Morgan fingerprint density at radius 1 is 1.11 bits per heavy atom. The summed E-state index contributed by atoms with van der Waals surface area (Å²) in [4.78, 5) is 13.1. The third-order valence-corrected chi connectivity index (χ3v) is 6.04. The van der Waals surface area contributed by atoms with Crippen LogP contribution >= 0.6 is 0 Å². The molecule has 2 heterocycles. The maximum absolute atomic E-state index is 13.1. The van der Waals surface area contributed by atoms with Gasteiger partial charge in [0.2, 0.25) is 5.91 Å². The Morgan fingerprint density at radius 2 is 1.78 bits per heavy atom. The lowest BCUT2D eigenvalue weighted by Gasteiger charge is -2.17. The van der Waals surface area contributed by atoms with Gasteiger partial charge in [0, 0.05) is 16.4 Å². The molecule has 0 unspecified atom stereocenters. The first-order chi connectivity index (χ1) is 13.2. The number of carbonyl (C=O) groups excluding carboxylic acids is 1. The number of amides is 1. The summed E-state index contributed by atoms with van der Waals surface area (Å²) in [5.74, 6) is 1.20. The van der Waals surface area contributed by atoms with Crippen LogP contribution in [0.4, 0.5) is 5.82 Å². The molecule has 0 saturated carbocycles. The van der Waals surface area contributed by atoms with Crippen molar-refractivity contribution in [2.45, 2.75) is 30.8 Å².